The highest BCUT2D eigenvalue weighted by atomic mass is 35.5. The van der Waals surface area contributed by atoms with E-state index in [-0.39, 0.29) is 5.91 Å². The SMILES string of the molecule is CC1(C(=O)Nc2ccc(C#N)cc2Cl)CCCNC1. The van der Waals surface area contributed by atoms with Gasteiger partial charge in [0.25, 0.3) is 0 Å². The van der Waals surface area contributed by atoms with E-state index in [2.05, 4.69) is 10.6 Å². The molecule has 0 aromatic heterocycles. The Morgan fingerprint density at radius 3 is 2.95 bits per heavy atom. The van der Waals surface area contributed by atoms with E-state index in [0.29, 0.717) is 22.8 Å². The van der Waals surface area contributed by atoms with Crippen LogP contribution in [0.25, 0.3) is 0 Å². The maximum absolute atomic E-state index is 12.3. The second-order valence-corrected chi connectivity index (χ2v) is 5.51. The lowest BCUT2D eigenvalue weighted by Gasteiger charge is -2.32. The second kappa shape index (κ2) is 5.60. The van der Waals surface area contributed by atoms with Crippen molar-refractivity contribution in [2.24, 2.45) is 5.41 Å². The molecule has 100 valence electrons. The van der Waals surface area contributed by atoms with Crippen LogP contribution in [0.15, 0.2) is 18.2 Å². The summed E-state index contributed by atoms with van der Waals surface area (Å²) < 4.78 is 0. The zero-order valence-corrected chi connectivity index (χ0v) is 11.5. The molecule has 1 saturated heterocycles. The Morgan fingerprint density at radius 1 is 1.58 bits per heavy atom. The number of nitrogens with one attached hydrogen (secondary N) is 2. The van der Waals surface area contributed by atoms with Crippen molar-refractivity contribution >= 4 is 23.2 Å². The fourth-order valence-corrected chi connectivity index (χ4v) is 2.44. The standard InChI is InChI=1S/C14H16ClN3O/c1-14(5-2-6-17-9-14)13(19)18-12-4-3-10(8-16)7-11(12)15/h3-4,7,17H,2,5-6,9H2,1H3,(H,18,19). The molecule has 1 heterocycles. The highest BCUT2D eigenvalue weighted by Gasteiger charge is 2.34. The van der Waals surface area contributed by atoms with E-state index in [1.165, 1.54) is 0 Å². The van der Waals surface area contributed by atoms with Crippen molar-refractivity contribution in [3.05, 3.63) is 28.8 Å². The van der Waals surface area contributed by atoms with Crippen LogP contribution in [0.4, 0.5) is 5.69 Å². The van der Waals surface area contributed by atoms with Gasteiger partial charge in [-0.05, 0) is 44.5 Å². The first-order valence-corrected chi connectivity index (χ1v) is 6.65. The quantitative estimate of drug-likeness (QED) is 0.873. The van der Waals surface area contributed by atoms with Gasteiger partial charge in [0.1, 0.15) is 0 Å². The fraction of sp³-hybridized carbons (Fsp3) is 0.429. The van der Waals surface area contributed by atoms with Gasteiger partial charge in [-0.1, -0.05) is 11.6 Å². The molecule has 1 aliphatic heterocycles. The largest absolute Gasteiger partial charge is 0.324 e. The van der Waals surface area contributed by atoms with Gasteiger partial charge in [-0.25, -0.2) is 0 Å². The molecule has 1 amide bonds. The molecule has 4 nitrogen and oxygen atoms in total. The first kappa shape index (κ1) is 13.9. The van der Waals surface area contributed by atoms with E-state index in [1.807, 2.05) is 13.0 Å². The molecule has 1 atom stereocenters. The molecule has 1 fully saturated rings. The summed E-state index contributed by atoms with van der Waals surface area (Å²) in [5.41, 5.74) is 0.626. The van der Waals surface area contributed by atoms with Crippen LogP contribution in [0.2, 0.25) is 5.02 Å². The normalized spacial score (nSPS) is 22.6. The summed E-state index contributed by atoms with van der Waals surface area (Å²) >= 11 is 6.06. The molecule has 1 aromatic rings. The number of nitrogens with zero attached hydrogens (tertiary/aromatic N) is 1. The van der Waals surface area contributed by atoms with Crippen LogP contribution in [0.3, 0.4) is 0 Å². The van der Waals surface area contributed by atoms with Crippen molar-refractivity contribution < 1.29 is 4.79 Å². The zero-order valence-electron chi connectivity index (χ0n) is 10.8. The van der Waals surface area contributed by atoms with Crippen LogP contribution in [-0.2, 0) is 4.79 Å². The zero-order chi connectivity index (χ0) is 13.9. The minimum absolute atomic E-state index is 0.0358. The molecule has 2 N–H and O–H groups in total. The van der Waals surface area contributed by atoms with Gasteiger partial charge in [-0.3, -0.25) is 4.79 Å². The van der Waals surface area contributed by atoms with Gasteiger partial charge in [0, 0.05) is 6.54 Å². The highest BCUT2D eigenvalue weighted by molar-refractivity contribution is 6.33. The molecule has 19 heavy (non-hydrogen) atoms. The summed E-state index contributed by atoms with van der Waals surface area (Å²) in [6, 6.07) is 6.87. The van der Waals surface area contributed by atoms with Crippen LogP contribution in [0.5, 0.6) is 0 Å². The Kier molecular flexibility index (Phi) is 4.08. The number of carbonyl (C=O) groups excluding carboxylic acids is 1. The average molecular weight is 278 g/mol. The predicted molar refractivity (Wildman–Crippen MR) is 75.0 cm³/mol. The summed E-state index contributed by atoms with van der Waals surface area (Å²) in [5, 5.41) is 15.3. The Balaban J connectivity index is 2.13. The molecule has 1 aromatic carbocycles. The maximum atomic E-state index is 12.3. The summed E-state index contributed by atoms with van der Waals surface area (Å²) in [6.45, 7) is 3.58. The monoisotopic (exact) mass is 277 g/mol. The third-order valence-corrected chi connectivity index (χ3v) is 3.80. The summed E-state index contributed by atoms with van der Waals surface area (Å²) in [6.07, 6.45) is 1.85. The van der Waals surface area contributed by atoms with Crippen LogP contribution in [0.1, 0.15) is 25.3 Å². The molecule has 0 radical (unpaired) electrons. The van der Waals surface area contributed by atoms with Crippen LogP contribution in [0, 0.1) is 16.7 Å². The number of rotatable bonds is 2. The van der Waals surface area contributed by atoms with Gasteiger partial charge in [0.2, 0.25) is 5.91 Å². The van der Waals surface area contributed by atoms with Gasteiger partial charge in [-0.15, -0.1) is 0 Å². The lowest BCUT2D eigenvalue weighted by molar-refractivity contribution is -0.125. The first-order valence-electron chi connectivity index (χ1n) is 6.27. The van der Waals surface area contributed by atoms with Gasteiger partial charge in [0.15, 0.2) is 0 Å². The van der Waals surface area contributed by atoms with Crippen molar-refractivity contribution in [3.8, 4) is 6.07 Å². The van der Waals surface area contributed by atoms with Gasteiger partial charge in [-0.2, -0.15) is 5.26 Å². The van der Waals surface area contributed by atoms with Crippen molar-refractivity contribution in [2.45, 2.75) is 19.8 Å². The first-order chi connectivity index (χ1) is 9.05. The molecule has 0 bridgehead atoms. The van der Waals surface area contributed by atoms with E-state index in [0.717, 1.165) is 19.4 Å². The second-order valence-electron chi connectivity index (χ2n) is 5.10. The molecular weight excluding hydrogens is 262 g/mol. The van der Waals surface area contributed by atoms with Crippen LogP contribution < -0.4 is 10.6 Å². The lowest BCUT2D eigenvalue weighted by atomic mass is 9.82. The third-order valence-electron chi connectivity index (χ3n) is 3.49. The molecule has 0 spiro atoms. The molecule has 0 saturated carbocycles. The number of nitriles is 1. The summed E-state index contributed by atoms with van der Waals surface area (Å²) in [4.78, 5) is 12.3. The van der Waals surface area contributed by atoms with Crippen LogP contribution >= 0.6 is 11.6 Å². The summed E-state index contributed by atoms with van der Waals surface area (Å²) in [5.74, 6) is -0.0358. The lowest BCUT2D eigenvalue weighted by Crippen LogP contribution is -2.46. The number of halogens is 1. The van der Waals surface area contributed by atoms with Gasteiger partial charge < -0.3 is 10.6 Å². The molecule has 1 aliphatic rings. The number of hydrogen-bond acceptors (Lipinski definition) is 3. The Morgan fingerprint density at radius 2 is 2.37 bits per heavy atom. The Labute approximate surface area is 117 Å². The molecule has 0 aliphatic carbocycles. The van der Waals surface area contributed by atoms with E-state index in [9.17, 15) is 4.79 Å². The van der Waals surface area contributed by atoms with Crippen molar-refractivity contribution in [1.82, 2.24) is 5.32 Å². The van der Waals surface area contributed by atoms with Gasteiger partial charge >= 0.3 is 0 Å². The number of piperidine rings is 1. The Hall–Kier alpha value is -1.57. The smallest absolute Gasteiger partial charge is 0.231 e. The highest BCUT2D eigenvalue weighted by Crippen LogP contribution is 2.29. The van der Waals surface area contributed by atoms with Gasteiger partial charge in [0.05, 0.1) is 27.8 Å². The fourth-order valence-electron chi connectivity index (χ4n) is 2.21. The summed E-state index contributed by atoms with van der Waals surface area (Å²) in [7, 11) is 0. The number of benzene rings is 1. The predicted octanol–water partition coefficient (Wildman–Crippen LogP) is 2.54. The average Bonchev–Trinajstić information content (AvgIpc) is 2.41. The molecule has 1 unspecified atom stereocenters. The molecule has 5 heteroatoms. The van der Waals surface area contributed by atoms with E-state index in [4.69, 9.17) is 16.9 Å². The van der Waals surface area contributed by atoms with Crippen molar-refractivity contribution in [1.29, 1.82) is 5.26 Å². The number of hydrogen-bond donors (Lipinski definition) is 2. The minimum Gasteiger partial charge on any atom is -0.324 e. The number of carbonyl (C=O) groups is 1. The Bertz CT molecular complexity index is 530. The van der Waals surface area contributed by atoms with E-state index in [1.54, 1.807) is 18.2 Å². The third kappa shape index (κ3) is 3.06. The van der Waals surface area contributed by atoms with Crippen molar-refractivity contribution in [3.63, 3.8) is 0 Å². The van der Waals surface area contributed by atoms with Crippen LogP contribution in [-0.4, -0.2) is 19.0 Å². The topological polar surface area (TPSA) is 64.9 Å². The maximum Gasteiger partial charge on any atom is 0.231 e. The molecule has 2 rings (SSSR count). The van der Waals surface area contributed by atoms with E-state index >= 15 is 0 Å². The van der Waals surface area contributed by atoms with Crippen molar-refractivity contribution in [2.75, 3.05) is 18.4 Å². The number of anilines is 1. The van der Waals surface area contributed by atoms with E-state index < -0.39 is 5.41 Å². The molecular formula is C14H16ClN3O. The minimum atomic E-state index is -0.407. The number of amides is 1.